The van der Waals surface area contributed by atoms with Crippen LogP contribution >= 0.6 is 0 Å². The van der Waals surface area contributed by atoms with Crippen LogP contribution in [-0.4, -0.2) is 32.8 Å². The van der Waals surface area contributed by atoms with Crippen molar-refractivity contribution in [3.8, 4) is 5.75 Å². The zero-order chi connectivity index (χ0) is 12.7. The fourth-order valence-electron chi connectivity index (χ4n) is 1.37. The Labute approximate surface area is 102 Å². The molecule has 1 aromatic carbocycles. The minimum absolute atomic E-state index is 0.0824. The Morgan fingerprint density at radius 3 is 2.47 bits per heavy atom. The molecule has 0 aromatic heterocycles. The zero-order valence-electron chi connectivity index (χ0n) is 10.5. The lowest BCUT2D eigenvalue weighted by atomic mass is 10.1. The highest BCUT2D eigenvalue weighted by atomic mass is 16.5. The quantitative estimate of drug-likeness (QED) is 0.813. The second-order valence-electron chi connectivity index (χ2n) is 3.77. The first-order valence-corrected chi connectivity index (χ1v) is 5.60. The summed E-state index contributed by atoms with van der Waals surface area (Å²) in [6, 6.07) is 7.80. The van der Waals surface area contributed by atoms with Crippen molar-refractivity contribution in [3.05, 3.63) is 29.8 Å². The predicted octanol–water partition coefficient (Wildman–Crippen LogP) is 1.39. The molecule has 4 nitrogen and oxygen atoms in total. The van der Waals surface area contributed by atoms with Gasteiger partial charge in [-0.05, 0) is 31.0 Å². The predicted molar refractivity (Wildman–Crippen MR) is 66.2 cm³/mol. The molecule has 0 aliphatic rings. The molecule has 0 bridgehead atoms. The molecule has 1 N–H and O–H groups in total. The molecule has 1 rings (SSSR count). The van der Waals surface area contributed by atoms with Gasteiger partial charge < -0.3 is 14.8 Å². The first-order valence-electron chi connectivity index (χ1n) is 5.60. The van der Waals surface area contributed by atoms with Crippen molar-refractivity contribution >= 4 is 5.91 Å². The number of hydrogen-bond donors (Lipinski definition) is 1. The zero-order valence-corrected chi connectivity index (χ0v) is 10.5. The Hall–Kier alpha value is -1.55. The van der Waals surface area contributed by atoms with Crippen LogP contribution in [0.5, 0.6) is 5.75 Å². The average molecular weight is 237 g/mol. The molecular formula is C13H19NO3. The smallest absolute Gasteiger partial charge is 0.248 e. The van der Waals surface area contributed by atoms with E-state index in [9.17, 15) is 4.79 Å². The molecule has 4 heteroatoms. The van der Waals surface area contributed by atoms with E-state index in [2.05, 4.69) is 5.32 Å². The van der Waals surface area contributed by atoms with Gasteiger partial charge in [-0.15, -0.1) is 0 Å². The van der Waals surface area contributed by atoms with Crippen LogP contribution in [0, 0.1) is 0 Å². The Morgan fingerprint density at radius 1 is 1.29 bits per heavy atom. The van der Waals surface area contributed by atoms with Crippen molar-refractivity contribution in [2.45, 2.75) is 19.4 Å². The minimum atomic E-state index is -0.397. The standard InChI is InChI=1S/C13H19NO3/c1-10(16-2)13(15)14-9-8-11-4-6-12(17-3)7-5-11/h4-7,10H,8-9H2,1-3H3,(H,14,15). The molecule has 1 unspecified atom stereocenters. The van der Waals surface area contributed by atoms with Crippen molar-refractivity contribution in [1.82, 2.24) is 5.32 Å². The van der Waals surface area contributed by atoms with Crippen LogP contribution in [0.3, 0.4) is 0 Å². The maximum atomic E-state index is 11.4. The first-order chi connectivity index (χ1) is 8.17. The largest absolute Gasteiger partial charge is 0.497 e. The van der Waals surface area contributed by atoms with Gasteiger partial charge in [0, 0.05) is 13.7 Å². The van der Waals surface area contributed by atoms with Gasteiger partial charge in [-0.3, -0.25) is 4.79 Å². The van der Waals surface area contributed by atoms with Crippen LogP contribution in [0.1, 0.15) is 12.5 Å². The topological polar surface area (TPSA) is 47.6 Å². The summed E-state index contributed by atoms with van der Waals surface area (Å²) in [5.41, 5.74) is 1.16. The van der Waals surface area contributed by atoms with Gasteiger partial charge in [0.2, 0.25) is 5.91 Å². The van der Waals surface area contributed by atoms with Crippen molar-refractivity contribution < 1.29 is 14.3 Å². The molecule has 0 heterocycles. The number of ether oxygens (including phenoxy) is 2. The van der Waals surface area contributed by atoms with Gasteiger partial charge in [0.05, 0.1) is 7.11 Å². The van der Waals surface area contributed by atoms with E-state index in [1.165, 1.54) is 7.11 Å². The lowest BCUT2D eigenvalue weighted by Gasteiger charge is -2.10. The fraction of sp³-hybridized carbons (Fsp3) is 0.462. The third-order valence-corrected chi connectivity index (χ3v) is 2.59. The molecule has 1 aromatic rings. The molecular weight excluding hydrogens is 218 g/mol. The molecule has 0 fully saturated rings. The van der Waals surface area contributed by atoms with Crippen molar-refractivity contribution in [3.63, 3.8) is 0 Å². The molecule has 0 saturated carbocycles. The fourth-order valence-corrected chi connectivity index (χ4v) is 1.37. The van der Waals surface area contributed by atoms with Crippen LogP contribution in [0.4, 0.5) is 0 Å². The second-order valence-corrected chi connectivity index (χ2v) is 3.77. The van der Waals surface area contributed by atoms with Gasteiger partial charge in [-0.2, -0.15) is 0 Å². The molecule has 1 atom stereocenters. The molecule has 0 radical (unpaired) electrons. The van der Waals surface area contributed by atoms with Crippen molar-refractivity contribution in [2.75, 3.05) is 20.8 Å². The molecule has 0 aliphatic carbocycles. The van der Waals surface area contributed by atoms with E-state index in [1.807, 2.05) is 24.3 Å². The van der Waals surface area contributed by atoms with Gasteiger partial charge in [-0.1, -0.05) is 12.1 Å². The van der Waals surface area contributed by atoms with Gasteiger partial charge >= 0.3 is 0 Å². The Bertz CT molecular complexity index is 348. The van der Waals surface area contributed by atoms with Crippen LogP contribution in [-0.2, 0) is 16.0 Å². The lowest BCUT2D eigenvalue weighted by Crippen LogP contribution is -2.35. The van der Waals surface area contributed by atoms with Crippen LogP contribution in [0.2, 0.25) is 0 Å². The summed E-state index contributed by atoms with van der Waals surface area (Å²) < 4.78 is 9.99. The Balaban J connectivity index is 2.33. The number of benzene rings is 1. The number of methoxy groups -OCH3 is 2. The van der Waals surface area contributed by atoms with E-state index < -0.39 is 6.10 Å². The summed E-state index contributed by atoms with van der Waals surface area (Å²) in [6.07, 6.45) is 0.400. The number of rotatable bonds is 6. The molecule has 0 saturated heterocycles. The summed E-state index contributed by atoms with van der Waals surface area (Å²) in [5, 5.41) is 2.82. The molecule has 1 amide bonds. The third-order valence-electron chi connectivity index (χ3n) is 2.59. The van der Waals surface area contributed by atoms with E-state index in [-0.39, 0.29) is 5.91 Å². The number of hydrogen-bond acceptors (Lipinski definition) is 3. The average Bonchev–Trinajstić information content (AvgIpc) is 2.38. The van der Waals surface area contributed by atoms with E-state index in [1.54, 1.807) is 14.0 Å². The van der Waals surface area contributed by atoms with Crippen molar-refractivity contribution in [2.24, 2.45) is 0 Å². The summed E-state index contributed by atoms with van der Waals surface area (Å²) in [7, 11) is 3.16. The SMILES string of the molecule is COc1ccc(CCNC(=O)C(C)OC)cc1. The lowest BCUT2D eigenvalue weighted by molar-refractivity contribution is -0.129. The molecule has 94 valence electrons. The minimum Gasteiger partial charge on any atom is -0.497 e. The second kappa shape index (κ2) is 6.91. The highest BCUT2D eigenvalue weighted by Crippen LogP contribution is 2.11. The van der Waals surface area contributed by atoms with E-state index in [0.717, 1.165) is 17.7 Å². The van der Waals surface area contributed by atoms with Crippen LogP contribution in [0.15, 0.2) is 24.3 Å². The van der Waals surface area contributed by atoms with Crippen LogP contribution in [0.25, 0.3) is 0 Å². The summed E-state index contributed by atoms with van der Waals surface area (Å²) in [4.78, 5) is 11.4. The van der Waals surface area contributed by atoms with E-state index in [0.29, 0.717) is 6.54 Å². The Morgan fingerprint density at radius 2 is 1.94 bits per heavy atom. The Kier molecular flexibility index (Phi) is 5.49. The normalized spacial score (nSPS) is 11.9. The highest BCUT2D eigenvalue weighted by Gasteiger charge is 2.09. The first kappa shape index (κ1) is 13.5. The molecule has 0 spiro atoms. The number of carbonyl (C=O) groups is 1. The molecule has 0 aliphatic heterocycles. The highest BCUT2D eigenvalue weighted by molar-refractivity contribution is 5.80. The maximum Gasteiger partial charge on any atom is 0.248 e. The number of carbonyl (C=O) groups excluding carboxylic acids is 1. The monoisotopic (exact) mass is 237 g/mol. The van der Waals surface area contributed by atoms with E-state index in [4.69, 9.17) is 9.47 Å². The maximum absolute atomic E-state index is 11.4. The molecule has 17 heavy (non-hydrogen) atoms. The number of nitrogens with one attached hydrogen (secondary N) is 1. The van der Waals surface area contributed by atoms with Gasteiger partial charge in [0.1, 0.15) is 11.9 Å². The summed E-state index contributed by atoms with van der Waals surface area (Å²) >= 11 is 0. The van der Waals surface area contributed by atoms with Crippen molar-refractivity contribution in [1.29, 1.82) is 0 Å². The summed E-state index contributed by atoms with van der Waals surface area (Å²) in [6.45, 7) is 2.33. The van der Waals surface area contributed by atoms with E-state index >= 15 is 0 Å². The third kappa shape index (κ3) is 4.44. The summed E-state index contributed by atoms with van der Waals surface area (Å²) in [5.74, 6) is 0.756. The number of amides is 1. The van der Waals surface area contributed by atoms with Gasteiger partial charge in [0.25, 0.3) is 0 Å². The van der Waals surface area contributed by atoms with Crippen LogP contribution < -0.4 is 10.1 Å². The van der Waals surface area contributed by atoms with Gasteiger partial charge in [0.15, 0.2) is 0 Å². The van der Waals surface area contributed by atoms with Gasteiger partial charge in [-0.25, -0.2) is 0 Å².